The predicted octanol–water partition coefficient (Wildman–Crippen LogP) is 1.51. The van der Waals surface area contributed by atoms with Gasteiger partial charge in [0.15, 0.2) is 0 Å². The first-order valence-corrected chi connectivity index (χ1v) is 8.60. The first kappa shape index (κ1) is 16.2. The lowest BCUT2D eigenvalue weighted by molar-refractivity contribution is 0.142. The summed E-state index contributed by atoms with van der Waals surface area (Å²) in [7, 11) is -3.73. The fraction of sp³-hybridized carbons (Fsp3) is 0.571. The summed E-state index contributed by atoms with van der Waals surface area (Å²) in [5.74, 6) is -0.700. The van der Waals surface area contributed by atoms with E-state index in [4.69, 9.17) is 5.73 Å². The second kappa shape index (κ2) is 6.29. The lowest BCUT2D eigenvalue weighted by Crippen LogP contribution is -2.51. The Morgan fingerprint density at radius 3 is 2.48 bits per heavy atom. The van der Waals surface area contributed by atoms with E-state index in [1.165, 1.54) is 16.4 Å². The Kier molecular flexibility index (Phi) is 4.85. The van der Waals surface area contributed by atoms with Crippen LogP contribution < -0.4 is 5.73 Å². The highest BCUT2D eigenvalue weighted by Gasteiger charge is 2.31. The number of nitrogens with two attached hydrogens (primary N) is 1. The van der Waals surface area contributed by atoms with Crippen molar-refractivity contribution in [1.82, 2.24) is 9.21 Å². The van der Waals surface area contributed by atoms with Crippen LogP contribution in [0.15, 0.2) is 23.1 Å². The van der Waals surface area contributed by atoms with Crippen LogP contribution in [0.4, 0.5) is 10.1 Å². The normalized spacial score (nSPS) is 19.6. The molecule has 0 aliphatic carbocycles. The van der Waals surface area contributed by atoms with Gasteiger partial charge >= 0.3 is 0 Å². The summed E-state index contributed by atoms with van der Waals surface area (Å²) in [4.78, 5) is 2.13. The molecule has 5 nitrogen and oxygen atoms in total. The Morgan fingerprint density at radius 1 is 1.29 bits per heavy atom. The van der Waals surface area contributed by atoms with Crippen LogP contribution in [0.3, 0.4) is 0 Å². The molecule has 1 aromatic rings. The van der Waals surface area contributed by atoms with Gasteiger partial charge in [0.1, 0.15) is 10.7 Å². The molecule has 7 heteroatoms. The monoisotopic (exact) mass is 315 g/mol. The van der Waals surface area contributed by atoms with E-state index in [-0.39, 0.29) is 10.6 Å². The summed E-state index contributed by atoms with van der Waals surface area (Å²) >= 11 is 0. The summed E-state index contributed by atoms with van der Waals surface area (Å²) in [5.41, 5.74) is 5.28. The first-order valence-electron chi connectivity index (χ1n) is 7.16. The largest absolute Gasteiger partial charge is 0.395 e. The molecule has 1 aliphatic heterocycles. The van der Waals surface area contributed by atoms with E-state index in [0.717, 1.165) is 12.5 Å². The number of benzene rings is 1. The van der Waals surface area contributed by atoms with Crippen LogP contribution in [-0.2, 0) is 10.0 Å². The molecule has 2 N–H and O–H groups in total. The van der Waals surface area contributed by atoms with E-state index >= 15 is 0 Å². The summed E-state index contributed by atoms with van der Waals surface area (Å²) in [6, 6.07) is 4.33. The molecular weight excluding hydrogens is 293 g/mol. The summed E-state index contributed by atoms with van der Waals surface area (Å²) < 4.78 is 40.0. The summed E-state index contributed by atoms with van der Waals surface area (Å²) in [6.07, 6.45) is 1.03. The van der Waals surface area contributed by atoms with Gasteiger partial charge in [-0.3, -0.25) is 4.90 Å². The van der Waals surface area contributed by atoms with Crippen LogP contribution in [0.1, 0.15) is 20.3 Å². The number of hydrogen-bond acceptors (Lipinski definition) is 4. The van der Waals surface area contributed by atoms with E-state index < -0.39 is 15.8 Å². The first-order chi connectivity index (χ1) is 9.87. The molecule has 1 aromatic carbocycles. The van der Waals surface area contributed by atoms with Crippen LogP contribution in [0.25, 0.3) is 0 Å². The van der Waals surface area contributed by atoms with Crippen molar-refractivity contribution in [3.8, 4) is 0 Å². The maximum Gasteiger partial charge on any atom is 0.245 e. The van der Waals surface area contributed by atoms with Crippen molar-refractivity contribution in [2.45, 2.75) is 31.2 Å². The Morgan fingerprint density at radius 2 is 1.90 bits per heavy atom. The van der Waals surface area contributed by atoms with Crippen LogP contribution in [0.5, 0.6) is 0 Å². The third-order valence-electron chi connectivity index (χ3n) is 4.12. The molecule has 0 aromatic heterocycles. The van der Waals surface area contributed by atoms with Crippen LogP contribution in [-0.4, -0.2) is 49.8 Å². The molecule has 0 amide bonds. The molecule has 1 heterocycles. The molecule has 2 rings (SSSR count). The van der Waals surface area contributed by atoms with Crippen molar-refractivity contribution in [3.05, 3.63) is 24.0 Å². The third kappa shape index (κ3) is 3.20. The van der Waals surface area contributed by atoms with Gasteiger partial charge in [-0.15, -0.1) is 0 Å². The van der Waals surface area contributed by atoms with Crippen molar-refractivity contribution in [2.75, 3.05) is 31.9 Å². The molecule has 1 saturated heterocycles. The number of hydrogen-bond donors (Lipinski definition) is 1. The Bertz CT molecular complexity index is 598. The smallest absolute Gasteiger partial charge is 0.245 e. The van der Waals surface area contributed by atoms with Crippen LogP contribution in [0, 0.1) is 5.82 Å². The average Bonchev–Trinajstić information content (AvgIpc) is 2.49. The number of anilines is 1. The average molecular weight is 315 g/mol. The van der Waals surface area contributed by atoms with Gasteiger partial charge in [0.05, 0.1) is 5.69 Å². The van der Waals surface area contributed by atoms with E-state index in [0.29, 0.717) is 32.2 Å². The minimum atomic E-state index is -3.73. The molecule has 0 bridgehead atoms. The fourth-order valence-corrected chi connectivity index (χ4v) is 4.07. The van der Waals surface area contributed by atoms with Crippen molar-refractivity contribution in [3.63, 3.8) is 0 Å². The van der Waals surface area contributed by atoms with Gasteiger partial charge in [0.2, 0.25) is 10.0 Å². The zero-order valence-corrected chi connectivity index (χ0v) is 13.2. The lowest BCUT2D eigenvalue weighted by atomic mass is 10.2. The third-order valence-corrected chi connectivity index (χ3v) is 6.07. The molecular formula is C14H22FN3O2S. The molecule has 1 atom stereocenters. The van der Waals surface area contributed by atoms with Crippen molar-refractivity contribution < 1.29 is 12.8 Å². The SMILES string of the molecule is CCC(C)N1CCN(S(=O)(=O)c2cccc(F)c2N)CC1. The molecule has 1 fully saturated rings. The topological polar surface area (TPSA) is 66.6 Å². The Hall–Kier alpha value is -1.18. The summed E-state index contributed by atoms with van der Waals surface area (Å²) in [6.45, 7) is 6.42. The number of rotatable bonds is 4. The van der Waals surface area contributed by atoms with Crippen LogP contribution >= 0.6 is 0 Å². The van der Waals surface area contributed by atoms with Gasteiger partial charge in [0.25, 0.3) is 0 Å². The zero-order chi connectivity index (χ0) is 15.6. The van der Waals surface area contributed by atoms with Gasteiger partial charge in [-0.2, -0.15) is 4.31 Å². The second-order valence-corrected chi connectivity index (χ2v) is 7.26. The maximum atomic E-state index is 13.5. The molecule has 0 spiro atoms. The molecule has 0 saturated carbocycles. The van der Waals surface area contributed by atoms with Gasteiger partial charge in [-0.1, -0.05) is 13.0 Å². The highest BCUT2D eigenvalue weighted by Crippen LogP contribution is 2.25. The minimum Gasteiger partial charge on any atom is -0.395 e. The Labute approximate surface area is 125 Å². The van der Waals surface area contributed by atoms with E-state index in [1.54, 1.807) is 0 Å². The molecule has 1 aliphatic rings. The highest BCUT2D eigenvalue weighted by atomic mass is 32.2. The summed E-state index contributed by atoms with van der Waals surface area (Å²) in [5, 5.41) is 0. The lowest BCUT2D eigenvalue weighted by Gasteiger charge is -2.37. The van der Waals surface area contributed by atoms with Crippen molar-refractivity contribution in [2.24, 2.45) is 0 Å². The van der Waals surface area contributed by atoms with Crippen LogP contribution in [0.2, 0.25) is 0 Å². The number of nitrogen functional groups attached to an aromatic ring is 1. The molecule has 1 unspecified atom stereocenters. The van der Waals surface area contributed by atoms with Crippen molar-refractivity contribution >= 4 is 15.7 Å². The van der Waals surface area contributed by atoms with Gasteiger partial charge in [-0.25, -0.2) is 12.8 Å². The van der Waals surface area contributed by atoms with E-state index in [1.807, 2.05) is 0 Å². The van der Waals surface area contributed by atoms with Gasteiger partial charge in [0, 0.05) is 32.2 Å². The number of nitrogens with zero attached hydrogens (tertiary/aromatic N) is 2. The number of piperazine rings is 1. The second-order valence-electron chi connectivity index (χ2n) is 5.35. The van der Waals surface area contributed by atoms with E-state index in [2.05, 4.69) is 18.7 Å². The van der Waals surface area contributed by atoms with E-state index in [9.17, 15) is 12.8 Å². The predicted molar refractivity (Wildman–Crippen MR) is 80.9 cm³/mol. The number of halogens is 1. The van der Waals surface area contributed by atoms with Gasteiger partial charge in [-0.05, 0) is 25.5 Å². The molecule has 118 valence electrons. The van der Waals surface area contributed by atoms with Crippen molar-refractivity contribution in [1.29, 1.82) is 0 Å². The number of sulfonamides is 1. The quantitative estimate of drug-likeness (QED) is 0.855. The fourth-order valence-electron chi connectivity index (χ4n) is 2.52. The molecule has 21 heavy (non-hydrogen) atoms. The maximum absolute atomic E-state index is 13.5. The standard InChI is InChI=1S/C14H22FN3O2S/c1-3-11(2)17-7-9-18(10-8-17)21(19,20)13-6-4-5-12(15)14(13)16/h4-6,11H,3,7-10,16H2,1-2H3. The number of para-hydroxylation sites is 1. The molecule has 0 radical (unpaired) electrons. The highest BCUT2D eigenvalue weighted by molar-refractivity contribution is 7.89. The minimum absolute atomic E-state index is 0.139. The zero-order valence-electron chi connectivity index (χ0n) is 12.4. The Balaban J connectivity index is 2.17. The van der Waals surface area contributed by atoms with Gasteiger partial charge < -0.3 is 5.73 Å².